The second-order valence-electron chi connectivity index (χ2n) is 4.91. The lowest BCUT2D eigenvalue weighted by atomic mass is 10.3. The van der Waals surface area contributed by atoms with E-state index in [4.69, 9.17) is 0 Å². The molecule has 4 heteroatoms. The Morgan fingerprint density at radius 2 is 2.17 bits per heavy atom. The molecule has 0 amide bonds. The number of aromatic nitrogens is 2. The topological polar surface area (TPSA) is 32.6 Å². The van der Waals surface area contributed by atoms with Gasteiger partial charge < -0.3 is 14.6 Å². The molecule has 98 valence electrons. The molecule has 0 aliphatic heterocycles. The lowest BCUT2D eigenvalue weighted by Gasteiger charge is -2.10. The second kappa shape index (κ2) is 5.98. The van der Waals surface area contributed by atoms with Gasteiger partial charge in [0.2, 0.25) is 0 Å². The van der Waals surface area contributed by atoms with E-state index in [0.29, 0.717) is 0 Å². The third-order valence-corrected chi connectivity index (χ3v) is 3.08. The van der Waals surface area contributed by atoms with Gasteiger partial charge in [-0.25, -0.2) is 4.98 Å². The third kappa shape index (κ3) is 3.09. The van der Waals surface area contributed by atoms with Gasteiger partial charge in [-0.1, -0.05) is 6.07 Å². The van der Waals surface area contributed by atoms with Crippen LogP contribution in [0.4, 0.5) is 0 Å². The van der Waals surface area contributed by atoms with Gasteiger partial charge in [-0.05, 0) is 52.7 Å². The molecular formula is C14H22N4. The molecule has 2 rings (SSSR count). The number of fused-ring (bicyclic) bond motifs is 1. The molecule has 0 radical (unpaired) electrons. The van der Waals surface area contributed by atoms with Gasteiger partial charge >= 0.3 is 0 Å². The molecule has 1 N–H and O–H groups in total. The molecule has 0 aromatic carbocycles. The normalized spacial score (nSPS) is 11.6. The fourth-order valence-electron chi connectivity index (χ4n) is 2.10. The highest BCUT2D eigenvalue weighted by atomic mass is 15.1. The summed E-state index contributed by atoms with van der Waals surface area (Å²) < 4.78 is 2.16. The van der Waals surface area contributed by atoms with Crippen molar-refractivity contribution in [3.63, 3.8) is 0 Å². The number of hydrogen-bond donors (Lipinski definition) is 1. The first-order valence-corrected chi connectivity index (χ1v) is 6.46. The quantitative estimate of drug-likeness (QED) is 0.787. The second-order valence-corrected chi connectivity index (χ2v) is 4.91. The number of nitrogens with one attached hydrogen (secondary N) is 1. The van der Waals surface area contributed by atoms with Crippen LogP contribution in [0.3, 0.4) is 0 Å². The van der Waals surface area contributed by atoms with Gasteiger partial charge in [-0.2, -0.15) is 0 Å². The summed E-state index contributed by atoms with van der Waals surface area (Å²) in [5.41, 5.74) is 3.40. The zero-order chi connectivity index (χ0) is 13.0. The van der Waals surface area contributed by atoms with Crippen LogP contribution in [0.5, 0.6) is 0 Å². The summed E-state index contributed by atoms with van der Waals surface area (Å²) in [6.45, 7) is 5.12. The molecule has 0 saturated carbocycles. The van der Waals surface area contributed by atoms with E-state index in [1.807, 2.05) is 18.2 Å². The van der Waals surface area contributed by atoms with Crippen LogP contribution in [0, 0.1) is 6.92 Å². The van der Waals surface area contributed by atoms with E-state index >= 15 is 0 Å². The van der Waals surface area contributed by atoms with Crippen LogP contribution in [-0.2, 0) is 6.54 Å². The molecule has 2 aromatic heterocycles. The van der Waals surface area contributed by atoms with Gasteiger partial charge in [0.1, 0.15) is 5.65 Å². The van der Waals surface area contributed by atoms with Gasteiger partial charge in [0.05, 0.1) is 11.4 Å². The van der Waals surface area contributed by atoms with Crippen LogP contribution in [-0.4, -0.2) is 41.5 Å². The molecule has 0 fully saturated rings. The molecular weight excluding hydrogens is 224 g/mol. The molecule has 2 heterocycles. The highest BCUT2D eigenvalue weighted by Crippen LogP contribution is 2.11. The molecule has 18 heavy (non-hydrogen) atoms. The van der Waals surface area contributed by atoms with E-state index < -0.39 is 0 Å². The number of aryl methyl sites for hydroxylation is 1. The average Bonchev–Trinajstić information content (AvgIpc) is 2.65. The van der Waals surface area contributed by atoms with Crippen molar-refractivity contribution in [3.8, 4) is 0 Å². The first kappa shape index (κ1) is 13.1. The molecule has 0 aliphatic carbocycles. The first-order valence-electron chi connectivity index (χ1n) is 6.46. The van der Waals surface area contributed by atoms with E-state index in [2.05, 4.69) is 46.8 Å². The van der Waals surface area contributed by atoms with Crippen molar-refractivity contribution < 1.29 is 0 Å². The number of hydrogen-bond acceptors (Lipinski definition) is 3. The molecule has 0 bridgehead atoms. The zero-order valence-corrected chi connectivity index (χ0v) is 11.5. The number of pyridine rings is 1. The maximum atomic E-state index is 4.55. The van der Waals surface area contributed by atoms with Crippen LogP contribution in [0.25, 0.3) is 5.65 Å². The number of nitrogens with zero attached hydrogens (tertiary/aromatic N) is 3. The SMILES string of the molecule is Cc1nc2ccccn2c1CNCCCN(C)C. The summed E-state index contributed by atoms with van der Waals surface area (Å²) in [7, 11) is 4.21. The Balaban J connectivity index is 1.93. The number of rotatable bonds is 6. The van der Waals surface area contributed by atoms with Gasteiger partial charge in [-0.3, -0.25) is 0 Å². The van der Waals surface area contributed by atoms with Gasteiger partial charge in [0.15, 0.2) is 0 Å². The number of imidazole rings is 1. The minimum atomic E-state index is 0.879. The highest BCUT2D eigenvalue weighted by molar-refractivity contribution is 5.42. The molecule has 4 nitrogen and oxygen atoms in total. The Morgan fingerprint density at radius 3 is 2.94 bits per heavy atom. The molecule has 2 aromatic rings. The van der Waals surface area contributed by atoms with Gasteiger partial charge in [0.25, 0.3) is 0 Å². The Hall–Kier alpha value is -1.39. The van der Waals surface area contributed by atoms with Crippen molar-refractivity contribution in [3.05, 3.63) is 35.8 Å². The van der Waals surface area contributed by atoms with Gasteiger partial charge in [0, 0.05) is 12.7 Å². The van der Waals surface area contributed by atoms with E-state index in [1.54, 1.807) is 0 Å². The third-order valence-electron chi connectivity index (χ3n) is 3.08. The van der Waals surface area contributed by atoms with E-state index in [9.17, 15) is 0 Å². The van der Waals surface area contributed by atoms with E-state index in [1.165, 1.54) is 12.1 Å². The summed E-state index contributed by atoms with van der Waals surface area (Å²) in [6, 6.07) is 6.11. The zero-order valence-electron chi connectivity index (χ0n) is 11.5. The van der Waals surface area contributed by atoms with Crippen molar-refractivity contribution >= 4 is 5.65 Å². The Morgan fingerprint density at radius 1 is 1.33 bits per heavy atom. The predicted octanol–water partition coefficient (Wildman–Crippen LogP) is 1.68. The summed E-state index contributed by atoms with van der Waals surface area (Å²) in [4.78, 5) is 6.76. The Labute approximate surface area is 109 Å². The average molecular weight is 246 g/mol. The summed E-state index contributed by atoms with van der Waals surface area (Å²) in [5.74, 6) is 0. The fraction of sp³-hybridized carbons (Fsp3) is 0.500. The van der Waals surface area contributed by atoms with Crippen molar-refractivity contribution in [2.75, 3.05) is 27.2 Å². The minimum absolute atomic E-state index is 0.879. The highest BCUT2D eigenvalue weighted by Gasteiger charge is 2.06. The summed E-state index contributed by atoms with van der Waals surface area (Å²) in [5, 5.41) is 3.49. The predicted molar refractivity (Wildman–Crippen MR) is 74.8 cm³/mol. The summed E-state index contributed by atoms with van der Waals surface area (Å²) in [6.07, 6.45) is 3.24. The molecule has 0 spiro atoms. The Bertz CT molecular complexity index is 501. The maximum Gasteiger partial charge on any atom is 0.137 e. The molecule has 0 aliphatic rings. The van der Waals surface area contributed by atoms with Crippen molar-refractivity contribution in [1.82, 2.24) is 19.6 Å². The smallest absolute Gasteiger partial charge is 0.137 e. The monoisotopic (exact) mass is 246 g/mol. The van der Waals surface area contributed by atoms with E-state index in [0.717, 1.165) is 31.0 Å². The lowest BCUT2D eigenvalue weighted by Crippen LogP contribution is -2.21. The van der Waals surface area contributed by atoms with Gasteiger partial charge in [-0.15, -0.1) is 0 Å². The Kier molecular flexibility index (Phi) is 4.33. The minimum Gasteiger partial charge on any atom is -0.311 e. The maximum absolute atomic E-state index is 4.55. The molecule has 0 atom stereocenters. The van der Waals surface area contributed by atoms with Crippen molar-refractivity contribution in [2.45, 2.75) is 19.9 Å². The van der Waals surface area contributed by atoms with Crippen molar-refractivity contribution in [2.24, 2.45) is 0 Å². The lowest BCUT2D eigenvalue weighted by molar-refractivity contribution is 0.394. The van der Waals surface area contributed by atoms with Crippen LogP contribution in [0.15, 0.2) is 24.4 Å². The standard InChI is InChI=1S/C14H22N4/c1-12-13(11-15-8-6-9-17(2)3)18-10-5-4-7-14(18)16-12/h4-5,7,10,15H,6,8-9,11H2,1-3H3. The first-order chi connectivity index (χ1) is 8.68. The van der Waals surface area contributed by atoms with E-state index in [-0.39, 0.29) is 0 Å². The van der Waals surface area contributed by atoms with Crippen LogP contribution < -0.4 is 5.32 Å². The van der Waals surface area contributed by atoms with Crippen LogP contribution in [0.2, 0.25) is 0 Å². The molecule has 0 saturated heterocycles. The van der Waals surface area contributed by atoms with Crippen molar-refractivity contribution in [1.29, 1.82) is 0 Å². The largest absolute Gasteiger partial charge is 0.311 e. The molecule has 0 unspecified atom stereocenters. The fourth-order valence-corrected chi connectivity index (χ4v) is 2.10. The van der Waals surface area contributed by atoms with Crippen LogP contribution >= 0.6 is 0 Å². The van der Waals surface area contributed by atoms with Crippen LogP contribution in [0.1, 0.15) is 17.8 Å². The summed E-state index contributed by atoms with van der Waals surface area (Å²) >= 11 is 0.